The Morgan fingerprint density at radius 1 is 0.947 bits per heavy atom. The number of methoxy groups -OCH3 is 1. The van der Waals surface area contributed by atoms with Crippen molar-refractivity contribution in [3.63, 3.8) is 0 Å². The van der Waals surface area contributed by atoms with Crippen molar-refractivity contribution in [1.82, 2.24) is 0 Å². The van der Waals surface area contributed by atoms with Crippen molar-refractivity contribution in [2.24, 2.45) is 0 Å². The smallest absolute Gasteiger partial charge is 0.122 e. The van der Waals surface area contributed by atoms with Gasteiger partial charge < -0.3 is 4.74 Å². The van der Waals surface area contributed by atoms with Gasteiger partial charge in [-0.1, -0.05) is 63.2 Å². The van der Waals surface area contributed by atoms with E-state index in [1.54, 1.807) is 7.11 Å². The van der Waals surface area contributed by atoms with Gasteiger partial charge in [-0.25, -0.2) is 0 Å². The van der Waals surface area contributed by atoms with E-state index in [-0.39, 0.29) is 5.41 Å². The molecule has 0 aliphatic carbocycles. The lowest BCUT2D eigenvalue weighted by Crippen LogP contribution is -2.19. The average Bonchev–Trinajstić information content (AvgIpc) is 2.47. The van der Waals surface area contributed by atoms with Crippen molar-refractivity contribution in [3.05, 3.63) is 65.2 Å². The second-order valence-corrected chi connectivity index (χ2v) is 5.37. The standard InChI is InChI=1S/C18H22O/c1-5-14-13-16(11-12-17(14)19-4)18(2,3)15-9-7-6-8-10-15/h6-13H,5H2,1-4H3. The molecule has 0 unspecified atom stereocenters. The quantitative estimate of drug-likeness (QED) is 0.775. The van der Waals surface area contributed by atoms with Crippen molar-refractivity contribution < 1.29 is 4.74 Å². The van der Waals surface area contributed by atoms with E-state index < -0.39 is 0 Å². The van der Waals surface area contributed by atoms with Crippen LogP contribution in [0.3, 0.4) is 0 Å². The summed E-state index contributed by atoms with van der Waals surface area (Å²) in [6.45, 7) is 6.70. The predicted molar refractivity (Wildman–Crippen MR) is 80.9 cm³/mol. The van der Waals surface area contributed by atoms with E-state index in [1.165, 1.54) is 16.7 Å². The zero-order valence-corrected chi connectivity index (χ0v) is 12.2. The third kappa shape index (κ3) is 2.65. The first-order valence-electron chi connectivity index (χ1n) is 6.82. The Bertz CT molecular complexity index is 541. The molecule has 0 saturated heterocycles. The normalized spacial score (nSPS) is 11.4. The Morgan fingerprint density at radius 3 is 2.21 bits per heavy atom. The van der Waals surface area contributed by atoms with E-state index in [2.05, 4.69) is 69.3 Å². The fourth-order valence-corrected chi connectivity index (χ4v) is 2.47. The minimum atomic E-state index is 0.0114. The number of hydrogen-bond acceptors (Lipinski definition) is 1. The summed E-state index contributed by atoms with van der Waals surface area (Å²) in [7, 11) is 1.73. The maximum absolute atomic E-state index is 5.41. The first-order valence-corrected chi connectivity index (χ1v) is 6.82. The van der Waals surface area contributed by atoms with Crippen LogP contribution < -0.4 is 4.74 Å². The molecule has 0 bridgehead atoms. The molecule has 0 radical (unpaired) electrons. The highest BCUT2D eigenvalue weighted by Gasteiger charge is 2.23. The maximum atomic E-state index is 5.41. The van der Waals surface area contributed by atoms with Crippen LogP contribution in [0.25, 0.3) is 0 Å². The molecule has 0 amide bonds. The summed E-state index contributed by atoms with van der Waals surface area (Å²) < 4.78 is 5.41. The summed E-state index contributed by atoms with van der Waals surface area (Å²) >= 11 is 0. The molecule has 0 N–H and O–H groups in total. The van der Waals surface area contributed by atoms with E-state index in [9.17, 15) is 0 Å². The number of hydrogen-bond donors (Lipinski definition) is 0. The number of rotatable bonds is 4. The average molecular weight is 254 g/mol. The summed E-state index contributed by atoms with van der Waals surface area (Å²) in [5, 5.41) is 0. The largest absolute Gasteiger partial charge is 0.496 e. The van der Waals surface area contributed by atoms with Gasteiger partial charge in [0.25, 0.3) is 0 Å². The molecule has 19 heavy (non-hydrogen) atoms. The molecule has 0 spiro atoms. The lowest BCUT2D eigenvalue weighted by Gasteiger charge is -2.27. The Morgan fingerprint density at radius 2 is 1.63 bits per heavy atom. The third-order valence-electron chi connectivity index (χ3n) is 3.88. The molecule has 1 nitrogen and oxygen atoms in total. The second-order valence-electron chi connectivity index (χ2n) is 5.37. The summed E-state index contributed by atoms with van der Waals surface area (Å²) in [6.07, 6.45) is 0.988. The van der Waals surface area contributed by atoms with Gasteiger partial charge in [-0.05, 0) is 29.2 Å². The highest BCUT2D eigenvalue weighted by Crippen LogP contribution is 2.34. The van der Waals surface area contributed by atoms with Gasteiger partial charge in [-0.15, -0.1) is 0 Å². The van der Waals surface area contributed by atoms with Crippen LogP contribution in [0.1, 0.15) is 37.5 Å². The van der Waals surface area contributed by atoms with Crippen LogP contribution in [0, 0.1) is 0 Å². The van der Waals surface area contributed by atoms with Gasteiger partial charge >= 0.3 is 0 Å². The molecule has 100 valence electrons. The first kappa shape index (κ1) is 13.7. The van der Waals surface area contributed by atoms with E-state index >= 15 is 0 Å². The molecule has 0 aromatic heterocycles. The van der Waals surface area contributed by atoms with Crippen LogP contribution >= 0.6 is 0 Å². The highest BCUT2D eigenvalue weighted by atomic mass is 16.5. The van der Waals surface area contributed by atoms with Crippen molar-refractivity contribution >= 4 is 0 Å². The van der Waals surface area contributed by atoms with Crippen LogP contribution in [0.2, 0.25) is 0 Å². The van der Waals surface area contributed by atoms with Crippen LogP contribution in [0.15, 0.2) is 48.5 Å². The molecule has 0 aliphatic rings. The molecule has 2 aromatic carbocycles. The Kier molecular flexibility index (Phi) is 3.94. The van der Waals surface area contributed by atoms with Crippen LogP contribution in [0.5, 0.6) is 5.75 Å². The first-order chi connectivity index (χ1) is 9.09. The topological polar surface area (TPSA) is 9.23 Å². The molecule has 2 aromatic rings. The zero-order chi connectivity index (χ0) is 13.9. The van der Waals surface area contributed by atoms with Gasteiger partial charge in [0.1, 0.15) is 5.75 Å². The summed E-state index contributed by atoms with van der Waals surface area (Å²) in [4.78, 5) is 0. The lowest BCUT2D eigenvalue weighted by atomic mass is 9.77. The number of ether oxygens (including phenoxy) is 1. The van der Waals surface area contributed by atoms with Gasteiger partial charge in [-0.3, -0.25) is 0 Å². The summed E-state index contributed by atoms with van der Waals surface area (Å²) in [5.74, 6) is 0.982. The molecule has 2 rings (SSSR count). The fraction of sp³-hybridized carbons (Fsp3) is 0.333. The SMILES string of the molecule is CCc1cc(C(C)(C)c2ccccc2)ccc1OC. The Hall–Kier alpha value is -1.76. The fourth-order valence-electron chi connectivity index (χ4n) is 2.47. The number of aryl methyl sites for hydroxylation is 1. The number of benzene rings is 2. The van der Waals surface area contributed by atoms with E-state index in [0.29, 0.717) is 0 Å². The third-order valence-corrected chi connectivity index (χ3v) is 3.88. The highest BCUT2D eigenvalue weighted by molar-refractivity contribution is 5.44. The van der Waals surface area contributed by atoms with Crippen molar-refractivity contribution in [2.45, 2.75) is 32.6 Å². The van der Waals surface area contributed by atoms with Crippen LogP contribution in [0.4, 0.5) is 0 Å². The van der Waals surface area contributed by atoms with Gasteiger partial charge in [0, 0.05) is 5.41 Å². The van der Waals surface area contributed by atoms with Gasteiger partial charge in [0.05, 0.1) is 7.11 Å². The van der Waals surface area contributed by atoms with Crippen molar-refractivity contribution in [2.75, 3.05) is 7.11 Å². The van der Waals surface area contributed by atoms with Crippen LogP contribution in [-0.4, -0.2) is 7.11 Å². The molecular weight excluding hydrogens is 232 g/mol. The minimum Gasteiger partial charge on any atom is -0.496 e. The van der Waals surface area contributed by atoms with Crippen LogP contribution in [-0.2, 0) is 11.8 Å². The monoisotopic (exact) mass is 254 g/mol. The van der Waals surface area contributed by atoms with E-state index in [1.807, 2.05) is 0 Å². The lowest BCUT2D eigenvalue weighted by molar-refractivity contribution is 0.409. The molecule has 0 saturated carbocycles. The molecule has 0 aliphatic heterocycles. The van der Waals surface area contributed by atoms with Gasteiger partial charge in [0.15, 0.2) is 0 Å². The zero-order valence-electron chi connectivity index (χ0n) is 12.2. The second kappa shape index (κ2) is 5.48. The summed E-state index contributed by atoms with van der Waals surface area (Å²) in [5.41, 5.74) is 3.94. The minimum absolute atomic E-state index is 0.0114. The molecule has 0 fully saturated rings. The Balaban J connectivity index is 2.46. The molecule has 0 heterocycles. The molecule has 1 heteroatoms. The van der Waals surface area contributed by atoms with E-state index in [0.717, 1.165) is 12.2 Å². The van der Waals surface area contributed by atoms with Gasteiger partial charge in [0.2, 0.25) is 0 Å². The maximum Gasteiger partial charge on any atom is 0.122 e. The Labute approximate surface area is 116 Å². The van der Waals surface area contributed by atoms with Crippen molar-refractivity contribution in [1.29, 1.82) is 0 Å². The van der Waals surface area contributed by atoms with Crippen molar-refractivity contribution in [3.8, 4) is 5.75 Å². The summed E-state index contributed by atoms with van der Waals surface area (Å²) in [6, 6.07) is 17.2. The molecular formula is C18H22O. The van der Waals surface area contributed by atoms with Gasteiger partial charge in [-0.2, -0.15) is 0 Å². The molecule has 0 atom stereocenters. The predicted octanol–water partition coefficient (Wildman–Crippen LogP) is 4.58. The van der Waals surface area contributed by atoms with E-state index in [4.69, 9.17) is 4.74 Å².